The lowest BCUT2D eigenvalue weighted by Crippen LogP contribution is -2.39. The summed E-state index contributed by atoms with van der Waals surface area (Å²) in [5.74, 6) is 0.562. The van der Waals surface area contributed by atoms with E-state index < -0.39 is 0 Å². The highest BCUT2D eigenvalue weighted by atomic mass is 16.3. The van der Waals surface area contributed by atoms with E-state index in [1.165, 1.54) is 0 Å². The highest BCUT2D eigenvalue weighted by molar-refractivity contribution is 5.96. The smallest absolute Gasteiger partial charge is 0.289 e. The predicted molar refractivity (Wildman–Crippen MR) is 71.9 cm³/mol. The molecule has 2 heterocycles. The van der Waals surface area contributed by atoms with Crippen LogP contribution in [0.1, 0.15) is 23.9 Å². The number of benzene rings is 1. The number of carbonyl (C=O) groups is 1. The number of carbonyl (C=O) groups excluding carboxylic acids is 1. The average Bonchev–Trinajstić information content (AvgIpc) is 3.00. The van der Waals surface area contributed by atoms with Gasteiger partial charge in [0.2, 0.25) is 0 Å². The highest BCUT2D eigenvalue weighted by Gasteiger charge is 2.35. The predicted octanol–water partition coefficient (Wildman–Crippen LogP) is 2.28. The van der Waals surface area contributed by atoms with E-state index in [0.717, 1.165) is 17.4 Å². The Hall–Kier alpha value is -1.81. The molecule has 3 rings (SSSR count). The van der Waals surface area contributed by atoms with Crippen LogP contribution >= 0.6 is 0 Å². The number of hydrogen-bond donors (Lipinski definition) is 1. The molecule has 4 nitrogen and oxygen atoms in total. The topological polar surface area (TPSA) is 53.7 Å². The number of rotatable bonds is 2. The first kappa shape index (κ1) is 12.2. The van der Waals surface area contributed by atoms with Gasteiger partial charge in [-0.25, -0.2) is 0 Å². The molecule has 1 saturated heterocycles. The van der Waals surface area contributed by atoms with Crippen molar-refractivity contribution in [3.05, 3.63) is 36.1 Å². The fraction of sp³-hybridized carbons (Fsp3) is 0.400. The number of furan rings is 1. The normalized spacial score (nSPS) is 23.2. The lowest BCUT2D eigenvalue weighted by molar-refractivity contribution is 0.0619. The standard InChI is InChI=1S/C15H17NO3/c1-10-6-7-16(12(10)9-17)15(18)14-8-11-4-2-3-5-13(11)19-14/h2-5,8,10,12,17H,6-7,9H2,1H3. The van der Waals surface area contributed by atoms with Crippen LogP contribution in [0.4, 0.5) is 0 Å². The molecule has 0 saturated carbocycles. The van der Waals surface area contributed by atoms with Crippen molar-refractivity contribution in [2.24, 2.45) is 5.92 Å². The van der Waals surface area contributed by atoms with E-state index in [2.05, 4.69) is 6.92 Å². The second-order valence-electron chi connectivity index (χ2n) is 5.16. The Kier molecular flexibility index (Phi) is 3.03. The molecule has 1 amide bonds. The number of hydrogen-bond acceptors (Lipinski definition) is 3. The van der Waals surface area contributed by atoms with E-state index in [1.54, 1.807) is 11.0 Å². The SMILES string of the molecule is CC1CCN(C(=O)c2cc3ccccc3o2)C1CO. The van der Waals surface area contributed by atoms with Crippen molar-refractivity contribution in [3.8, 4) is 0 Å². The molecule has 4 heteroatoms. The number of likely N-dealkylation sites (tertiary alicyclic amines) is 1. The summed E-state index contributed by atoms with van der Waals surface area (Å²) in [7, 11) is 0. The van der Waals surface area contributed by atoms with Crippen molar-refractivity contribution in [2.45, 2.75) is 19.4 Å². The van der Waals surface area contributed by atoms with E-state index in [0.29, 0.717) is 18.2 Å². The molecular weight excluding hydrogens is 242 g/mol. The molecule has 2 atom stereocenters. The molecule has 0 aliphatic carbocycles. The number of fused-ring (bicyclic) bond motifs is 1. The third kappa shape index (κ3) is 2.02. The van der Waals surface area contributed by atoms with Gasteiger partial charge in [-0.1, -0.05) is 25.1 Å². The summed E-state index contributed by atoms with van der Waals surface area (Å²) in [5, 5.41) is 10.3. The van der Waals surface area contributed by atoms with E-state index in [-0.39, 0.29) is 18.6 Å². The minimum absolute atomic E-state index is 0.00708. The molecule has 0 spiro atoms. The van der Waals surface area contributed by atoms with Crippen molar-refractivity contribution in [2.75, 3.05) is 13.2 Å². The Morgan fingerprint density at radius 3 is 3.00 bits per heavy atom. The van der Waals surface area contributed by atoms with Crippen molar-refractivity contribution in [1.29, 1.82) is 0 Å². The summed E-state index contributed by atoms with van der Waals surface area (Å²) in [5.41, 5.74) is 0.721. The highest BCUT2D eigenvalue weighted by Crippen LogP contribution is 2.27. The van der Waals surface area contributed by atoms with Crippen LogP contribution in [0.5, 0.6) is 0 Å². The van der Waals surface area contributed by atoms with Crippen LogP contribution in [0.3, 0.4) is 0 Å². The quantitative estimate of drug-likeness (QED) is 0.900. The van der Waals surface area contributed by atoms with Gasteiger partial charge >= 0.3 is 0 Å². The van der Waals surface area contributed by atoms with Gasteiger partial charge in [0, 0.05) is 11.9 Å². The van der Waals surface area contributed by atoms with Crippen LogP contribution in [0.2, 0.25) is 0 Å². The Morgan fingerprint density at radius 2 is 2.26 bits per heavy atom. The third-order valence-corrected chi connectivity index (χ3v) is 3.97. The van der Waals surface area contributed by atoms with Gasteiger partial charge in [0.15, 0.2) is 5.76 Å². The summed E-state index contributed by atoms with van der Waals surface area (Å²) < 4.78 is 5.60. The number of nitrogens with zero attached hydrogens (tertiary/aromatic N) is 1. The molecule has 0 bridgehead atoms. The first-order valence-corrected chi connectivity index (χ1v) is 6.61. The van der Waals surface area contributed by atoms with E-state index in [1.807, 2.05) is 24.3 Å². The zero-order valence-electron chi connectivity index (χ0n) is 10.9. The second-order valence-corrected chi connectivity index (χ2v) is 5.16. The van der Waals surface area contributed by atoms with Crippen molar-refractivity contribution in [3.63, 3.8) is 0 Å². The maximum atomic E-state index is 12.5. The molecule has 1 aliphatic heterocycles. The molecule has 0 radical (unpaired) electrons. The third-order valence-electron chi connectivity index (χ3n) is 3.97. The first-order chi connectivity index (χ1) is 9.20. The van der Waals surface area contributed by atoms with Gasteiger partial charge in [-0.3, -0.25) is 4.79 Å². The Morgan fingerprint density at radius 1 is 1.47 bits per heavy atom. The van der Waals surface area contributed by atoms with Gasteiger partial charge in [0.05, 0.1) is 12.6 Å². The molecule has 1 aromatic carbocycles. The molecule has 2 unspecified atom stereocenters. The Bertz CT molecular complexity index is 571. The van der Waals surface area contributed by atoms with E-state index in [4.69, 9.17) is 4.42 Å². The monoisotopic (exact) mass is 259 g/mol. The van der Waals surface area contributed by atoms with Gasteiger partial charge in [0.25, 0.3) is 5.91 Å². The van der Waals surface area contributed by atoms with Gasteiger partial charge in [-0.2, -0.15) is 0 Å². The molecule has 1 aromatic heterocycles. The van der Waals surface area contributed by atoms with Crippen molar-refractivity contribution >= 4 is 16.9 Å². The summed E-state index contributed by atoms with van der Waals surface area (Å²) in [6.45, 7) is 2.75. The largest absolute Gasteiger partial charge is 0.451 e. The number of aliphatic hydroxyl groups is 1. The maximum absolute atomic E-state index is 12.5. The minimum Gasteiger partial charge on any atom is -0.451 e. The first-order valence-electron chi connectivity index (χ1n) is 6.61. The number of aliphatic hydroxyl groups excluding tert-OH is 1. The lowest BCUT2D eigenvalue weighted by Gasteiger charge is -2.24. The van der Waals surface area contributed by atoms with Crippen LogP contribution < -0.4 is 0 Å². The zero-order valence-corrected chi connectivity index (χ0v) is 10.9. The maximum Gasteiger partial charge on any atom is 0.289 e. The molecule has 1 fully saturated rings. The van der Waals surface area contributed by atoms with Crippen LogP contribution in [-0.2, 0) is 0 Å². The van der Waals surface area contributed by atoms with Gasteiger partial charge < -0.3 is 14.4 Å². The summed E-state index contributed by atoms with van der Waals surface area (Å²) in [6, 6.07) is 9.25. The molecule has 1 N–H and O–H groups in total. The summed E-state index contributed by atoms with van der Waals surface area (Å²) in [4.78, 5) is 14.2. The fourth-order valence-electron chi connectivity index (χ4n) is 2.77. The minimum atomic E-state index is -0.125. The van der Waals surface area contributed by atoms with E-state index >= 15 is 0 Å². The zero-order chi connectivity index (χ0) is 13.4. The second kappa shape index (κ2) is 4.70. The van der Waals surface area contributed by atoms with Gasteiger partial charge in [-0.05, 0) is 24.5 Å². The van der Waals surface area contributed by atoms with Crippen molar-refractivity contribution < 1.29 is 14.3 Å². The summed E-state index contributed by atoms with van der Waals surface area (Å²) >= 11 is 0. The molecule has 2 aromatic rings. The lowest BCUT2D eigenvalue weighted by atomic mass is 10.0. The Labute approximate surface area is 111 Å². The average molecular weight is 259 g/mol. The van der Waals surface area contributed by atoms with Crippen LogP contribution in [0.25, 0.3) is 11.0 Å². The number of para-hydroxylation sites is 1. The molecule has 1 aliphatic rings. The van der Waals surface area contributed by atoms with Crippen LogP contribution in [0.15, 0.2) is 34.7 Å². The molecular formula is C15H17NO3. The molecule has 19 heavy (non-hydrogen) atoms. The van der Waals surface area contributed by atoms with Gasteiger partial charge in [-0.15, -0.1) is 0 Å². The van der Waals surface area contributed by atoms with E-state index in [9.17, 15) is 9.90 Å². The fourth-order valence-corrected chi connectivity index (χ4v) is 2.77. The number of amides is 1. The van der Waals surface area contributed by atoms with Crippen LogP contribution in [-0.4, -0.2) is 35.1 Å². The summed E-state index contributed by atoms with van der Waals surface area (Å²) in [6.07, 6.45) is 0.928. The molecule has 100 valence electrons. The van der Waals surface area contributed by atoms with Crippen LogP contribution in [0, 0.1) is 5.92 Å². The van der Waals surface area contributed by atoms with Crippen molar-refractivity contribution in [1.82, 2.24) is 4.90 Å². The Balaban J connectivity index is 1.91. The van der Waals surface area contributed by atoms with Gasteiger partial charge in [0.1, 0.15) is 5.58 Å².